The van der Waals surface area contributed by atoms with Gasteiger partial charge in [-0.25, -0.2) is 0 Å². The molecular formula is C26H46N2. The summed E-state index contributed by atoms with van der Waals surface area (Å²) in [7, 11) is 0. The van der Waals surface area contributed by atoms with Gasteiger partial charge in [-0.05, 0) is 31.8 Å². The second-order valence-electron chi connectivity index (χ2n) is 6.22. The molecule has 0 N–H and O–H groups in total. The van der Waals surface area contributed by atoms with Gasteiger partial charge in [0.25, 0.3) is 0 Å². The summed E-state index contributed by atoms with van der Waals surface area (Å²) in [4.78, 5) is 5.21. The maximum atomic E-state index is 4.60. The van der Waals surface area contributed by atoms with E-state index in [4.69, 9.17) is 0 Å². The van der Waals surface area contributed by atoms with Crippen molar-refractivity contribution in [1.29, 1.82) is 0 Å². The molecule has 0 aromatic rings. The lowest BCUT2D eigenvalue weighted by Gasteiger charge is -2.40. The Labute approximate surface area is 177 Å². The SMILES string of the molecule is C#CC.C=CC1=CCC(N2CCN(/C(=C/CCC)CC)CC2)C=C1.CC.CC. The average molecular weight is 387 g/mol. The zero-order valence-electron chi connectivity index (χ0n) is 19.8. The number of nitrogens with zero attached hydrogens (tertiary/aromatic N) is 2. The van der Waals surface area contributed by atoms with Crippen LogP contribution in [0.5, 0.6) is 0 Å². The number of piperazine rings is 1. The van der Waals surface area contributed by atoms with E-state index in [9.17, 15) is 0 Å². The van der Waals surface area contributed by atoms with Crippen molar-refractivity contribution in [3.8, 4) is 12.3 Å². The lowest BCUT2D eigenvalue weighted by molar-refractivity contribution is 0.132. The zero-order chi connectivity index (χ0) is 21.8. The third-order valence-electron chi connectivity index (χ3n) is 4.56. The summed E-state index contributed by atoms with van der Waals surface area (Å²) in [6.45, 7) is 22.7. The molecule has 1 aliphatic heterocycles. The van der Waals surface area contributed by atoms with E-state index in [1.165, 1.54) is 44.6 Å². The van der Waals surface area contributed by atoms with E-state index >= 15 is 0 Å². The van der Waals surface area contributed by atoms with Crippen LogP contribution in [0, 0.1) is 12.3 Å². The fraction of sp³-hybridized carbons (Fsp3) is 0.615. The quantitative estimate of drug-likeness (QED) is 0.461. The van der Waals surface area contributed by atoms with Gasteiger partial charge in [0.05, 0.1) is 0 Å². The summed E-state index contributed by atoms with van der Waals surface area (Å²) in [5, 5.41) is 0. The standard InChI is InChI=1S/C19H30N2.C3H4.2C2H6/c1-4-7-8-18(6-3)20-13-15-21(16-14-20)19-11-9-17(5-2)10-12-19;1-3-2;2*1-2/h5,8-11,19H,2,4,6-7,12-16H2,1,3H3;1H,2H3;2*1-2H3/b18-8+;;;. The smallest absolute Gasteiger partial charge is 0.0317 e. The summed E-state index contributed by atoms with van der Waals surface area (Å²) < 4.78 is 0. The Morgan fingerprint density at radius 2 is 1.75 bits per heavy atom. The first-order valence-corrected chi connectivity index (χ1v) is 11.3. The molecule has 0 spiro atoms. The predicted molar refractivity (Wildman–Crippen MR) is 129 cm³/mol. The van der Waals surface area contributed by atoms with Gasteiger partial charge in [0.2, 0.25) is 0 Å². The van der Waals surface area contributed by atoms with Gasteiger partial charge in [0.1, 0.15) is 0 Å². The van der Waals surface area contributed by atoms with E-state index in [1.807, 2.05) is 33.8 Å². The summed E-state index contributed by atoms with van der Waals surface area (Å²) in [5.41, 5.74) is 2.81. The van der Waals surface area contributed by atoms with Crippen molar-refractivity contribution in [2.75, 3.05) is 26.2 Å². The molecule has 2 rings (SSSR count). The van der Waals surface area contributed by atoms with Gasteiger partial charge in [-0.2, -0.15) is 0 Å². The first kappa shape index (κ1) is 28.5. The second kappa shape index (κ2) is 20.0. The molecule has 1 unspecified atom stereocenters. The second-order valence-corrected chi connectivity index (χ2v) is 6.22. The highest BCUT2D eigenvalue weighted by Gasteiger charge is 2.23. The highest BCUT2D eigenvalue weighted by atomic mass is 15.3. The summed E-state index contributed by atoms with van der Waals surface area (Å²) in [5.74, 6) is 2.25. The largest absolute Gasteiger partial charge is 0.373 e. The number of unbranched alkanes of at least 4 members (excludes halogenated alkanes) is 1. The Kier molecular flexibility index (Phi) is 20.4. The van der Waals surface area contributed by atoms with Crippen LogP contribution < -0.4 is 0 Å². The van der Waals surface area contributed by atoms with Gasteiger partial charge in [-0.3, -0.25) is 4.90 Å². The van der Waals surface area contributed by atoms with E-state index in [1.54, 1.807) is 12.6 Å². The molecule has 1 atom stereocenters. The normalized spacial score (nSPS) is 18.8. The van der Waals surface area contributed by atoms with Crippen LogP contribution >= 0.6 is 0 Å². The molecule has 0 saturated carbocycles. The lowest BCUT2D eigenvalue weighted by atomic mass is 10.0. The van der Waals surface area contributed by atoms with Crippen molar-refractivity contribution in [1.82, 2.24) is 9.80 Å². The van der Waals surface area contributed by atoms with Gasteiger partial charge >= 0.3 is 0 Å². The maximum Gasteiger partial charge on any atom is 0.0317 e. The molecule has 28 heavy (non-hydrogen) atoms. The average Bonchev–Trinajstić information content (AvgIpc) is 2.78. The molecule has 0 bridgehead atoms. The molecule has 0 aromatic carbocycles. The van der Waals surface area contributed by atoms with E-state index < -0.39 is 0 Å². The van der Waals surface area contributed by atoms with Crippen molar-refractivity contribution in [2.45, 2.75) is 80.2 Å². The van der Waals surface area contributed by atoms with E-state index in [2.05, 4.69) is 66.9 Å². The molecule has 0 aromatic heterocycles. The topological polar surface area (TPSA) is 6.48 Å². The number of allylic oxidation sites excluding steroid dienone is 5. The molecule has 1 saturated heterocycles. The molecule has 2 aliphatic rings. The highest BCUT2D eigenvalue weighted by molar-refractivity contribution is 5.33. The van der Waals surface area contributed by atoms with Crippen LogP contribution in [-0.2, 0) is 0 Å². The summed E-state index contributed by atoms with van der Waals surface area (Å²) >= 11 is 0. The van der Waals surface area contributed by atoms with Gasteiger partial charge < -0.3 is 4.90 Å². The number of hydrogen-bond donors (Lipinski definition) is 0. The Bertz CT molecular complexity index is 497. The third-order valence-corrected chi connectivity index (χ3v) is 4.56. The molecule has 160 valence electrons. The Balaban J connectivity index is 0. The fourth-order valence-corrected chi connectivity index (χ4v) is 3.20. The van der Waals surface area contributed by atoms with Crippen LogP contribution in [0.25, 0.3) is 0 Å². The van der Waals surface area contributed by atoms with Crippen molar-refractivity contribution in [2.24, 2.45) is 0 Å². The van der Waals surface area contributed by atoms with Crippen LogP contribution in [0.4, 0.5) is 0 Å². The Morgan fingerprint density at radius 3 is 2.14 bits per heavy atom. The molecule has 2 nitrogen and oxygen atoms in total. The van der Waals surface area contributed by atoms with E-state index in [0.29, 0.717) is 6.04 Å². The highest BCUT2D eigenvalue weighted by Crippen LogP contribution is 2.20. The zero-order valence-corrected chi connectivity index (χ0v) is 19.8. The van der Waals surface area contributed by atoms with Crippen LogP contribution in [0.15, 0.2) is 48.2 Å². The first-order chi connectivity index (χ1) is 13.7. The van der Waals surface area contributed by atoms with E-state index in [0.717, 1.165) is 12.8 Å². The van der Waals surface area contributed by atoms with Crippen molar-refractivity contribution < 1.29 is 0 Å². The van der Waals surface area contributed by atoms with Crippen LogP contribution in [0.3, 0.4) is 0 Å². The minimum absolute atomic E-state index is 0.584. The number of hydrogen-bond acceptors (Lipinski definition) is 2. The lowest BCUT2D eigenvalue weighted by Crippen LogP contribution is -2.49. The molecule has 1 fully saturated rings. The van der Waals surface area contributed by atoms with Gasteiger partial charge in [-0.1, -0.05) is 84.9 Å². The predicted octanol–water partition coefficient (Wildman–Crippen LogP) is 6.83. The molecule has 1 heterocycles. The molecule has 1 aliphatic carbocycles. The number of rotatable bonds is 6. The number of terminal acetylenes is 1. The van der Waals surface area contributed by atoms with Gasteiger partial charge in [0.15, 0.2) is 0 Å². The monoisotopic (exact) mass is 386 g/mol. The summed E-state index contributed by atoms with van der Waals surface area (Å²) in [6, 6.07) is 0.584. The third kappa shape index (κ3) is 11.2. The van der Waals surface area contributed by atoms with Gasteiger partial charge in [-0.15, -0.1) is 12.3 Å². The minimum atomic E-state index is 0.584. The van der Waals surface area contributed by atoms with Crippen LogP contribution in [-0.4, -0.2) is 42.0 Å². The van der Waals surface area contributed by atoms with Gasteiger partial charge in [0, 0.05) is 37.9 Å². The van der Waals surface area contributed by atoms with Crippen molar-refractivity contribution in [3.05, 3.63) is 48.2 Å². The van der Waals surface area contributed by atoms with Crippen molar-refractivity contribution >= 4 is 0 Å². The Morgan fingerprint density at radius 1 is 1.18 bits per heavy atom. The van der Waals surface area contributed by atoms with Crippen LogP contribution in [0.1, 0.15) is 74.1 Å². The molecule has 2 heteroatoms. The summed E-state index contributed by atoms with van der Waals surface area (Å²) in [6.07, 6.45) is 20.6. The molecule has 0 amide bonds. The minimum Gasteiger partial charge on any atom is -0.373 e. The fourth-order valence-electron chi connectivity index (χ4n) is 3.20. The first-order valence-electron chi connectivity index (χ1n) is 11.3. The maximum absolute atomic E-state index is 4.60. The molecular weight excluding hydrogens is 340 g/mol. The Hall–Kier alpha value is -1.72. The van der Waals surface area contributed by atoms with Crippen LogP contribution in [0.2, 0.25) is 0 Å². The van der Waals surface area contributed by atoms with Crippen molar-refractivity contribution in [3.63, 3.8) is 0 Å². The molecule has 0 radical (unpaired) electrons. The van der Waals surface area contributed by atoms with E-state index in [-0.39, 0.29) is 0 Å².